The van der Waals surface area contributed by atoms with Crippen LogP contribution in [0, 0.1) is 0 Å². The number of benzene rings is 2. The molecule has 1 unspecified atom stereocenters. The number of nitrogens with zero attached hydrogens (tertiary/aromatic N) is 2. The highest BCUT2D eigenvalue weighted by Gasteiger charge is 2.35. The molecule has 1 atom stereocenters. The Hall–Kier alpha value is -3.20. The Labute approximate surface area is 210 Å². The fraction of sp³-hybridized carbons (Fsp3) is 0.423. The predicted octanol–water partition coefficient (Wildman–Crippen LogP) is 5.35. The van der Waals surface area contributed by atoms with Gasteiger partial charge in [-0.1, -0.05) is 37.9 Å². The third-order valence-corrected chi connectivity index (χ3v) is 6.91. The minimum atomic E-state index is -0.576. The summed E-state index contributed by atoms with van der Waals surface area (Å²) in [6.07, 6.45) is 4.72. The van der Waals surface area contributed by atoms with Crippen molar-refractivity contribution >= 4 is 40.1 Å². The average Bonchev–Trinajstić information content (AvgIpc) is 3.33. The number of hydrogen-bond donors (Lipinski definition) is 1. The molecule has 0 aromatic heterocycles. The van der Waals surface area contributed by atoms with Gasteiger partial charge in [-0.3, -0.25) is 14.5 Å². The molecule has 0 saturated carbocycles. The lowest BCUT2D eigenvalue weighted by Crippen LogP contribution is -2.45. The van der Waals surface area contributed by atoms with Crippen molar-refractivity contribution in [1.29, 1.82) is 0 Å². The number of rotatable bonds is 10. The van der Waals surface area contributed by atoms with Gasteiger partial charge >= 0.3 is 0 Å². The molecule has 0 radical (unpaired) electrons. The van der Waals surface area contributed by atoms with E-state index >= 15 is 0 Å². The first-order chi connectivity index (χ1) is 17.1. The summed E-state index contributed by atoms with van der Waals surface area (Å²) in [4.78, 5) is 32.0. The smallest absolute Gasteiger partial charge is 0.238 e. The Morgan fingerprint density at radius 1 is 1.11 bits per heavy atom. The zero-order chi connectivity index (χ0) is 24.6. The summed E-state index contributed by atoms with van der Waals surface area (Å²) in [5, 5.41) is 2.84. The molecule has 9 heteroatoms. The predicted molar refractivity (Wildman–Crippen MR) is 138 cm³/mol. The van der Waals surface area contributed by atoms with Crippen LogP contribution < -0.4 is 19.5 Å². The molecule has 35 heavy (non-hydrogen) atoms. The van der Waals surface area contributed by atoms with Crippen molar-refractivity contribution in [3.8, 4) is 17.2 Å². The van der Waals surface area contributed by atoms with E-state index in [9.17, 15) is 9.59 Å². The summed E-state index contributed by atoms with van der Waals surface area (Å²) >= 11 is 1.29. The van der Waals surface area contributed by atoms with Crippen LogP contribution in [0.5, 0.6) is 17.2 Å². The number of carbonyl (C=O) groups excluding carboxylic acids is 2. The van der Waals surface area contributed by atoms with E-state index in [2.05, 4.69) is 17.2 Å². The molecule has 0 spiro atoms. The first-order valence-corrected chi connectivity index (χ1v) is 12.9. The first kappa shape index (κ1) is 24.9. The summed E-state index contributed by atoms with van der Waals surface area (Å²) in [7, 11) is 0. The molecule has 1 N–H and O–H groups in total. The number of aliphatic imine (C=N–C) groups is 1. The van der Waals surface area contributed by atoms with Crippen LogP contribution in [0.4, 0.5) is 11.4 Å². The molecule has 1 saturated heterocycles. The number of nitrogens with one attached hydrogen (secondary N) is 1. The molecule has 2 aliphatic heterocycles. The quantitative estimate of drug-likeness (QED) is 0.445. The number of hydrogen-bond acceptors (Lipinski definition) is 7. The molecular formula is C26H31N3O5S. The minimum absolute atomic E-state index is 0.115. The summed E-state index contributed by atoms with van der Waals surface area (Å²) in [6, 6.07) is 12.7. The highest BCUT2D eigenvalue weighted by atomic mass is 32.2. The van der Waals surface area contributed by atoms with Crippen LogP contribution in [-0.4, -0.2) is 47.1 Å². The fourth-order valence-electron chi connectivity index (χ4n) is 3.79. The van der Waals surface area contributed by atoms with Gasteiger partial charge in [0.15, 0.2) is 16.7 Å². The SMILES string of the molecule is CCCCCCOc1ccc(NC(=O)C2CC(=O)N(CC)C(=Nc3ccc4c(c3)OCO4)S2)cc1. The lowest BCUT2D eigenvalue weighted by atomic mass is 10.2. The number of fused-ring (bicyclic) bond motifs is 1. The van der Waals surface area contributed by atoms with Crippen LogP contribution in [0.1, 0.15) is 46.0 Å². The van der Waals surface area contributed by atoms with E-state index in [1.54, 1.807) is 23.1 Å². The second-order valence-corrected chi connectivity index (χ2v) is 9.47. The number of anilines is 1. The molecule has 2 aromatic carbocycles. The molecule has 2 aromatic rings. The Bertz CT molecular complexity index is 1070. The number of ether oxygens (including phenoxy) is 3. The van der Waals surface area contributed by atoms with Crippen LogP contribution in [0.25, 0.3) is 0 Å². The van der Waals surface area contributed by atoms with Crippen molar-refractivity contribution < 1.29 is 23.8 Å². The maximum absolute atomic E-state index is 13.0. The summed E-state index contributed by atoms with van der Waals surface area (Å²) < 4.78 is 16.5. The molecule has 2 amide bonds. The average molecular weight is 498 g/mol. The number of amidine groups is 1. The molecule has 0 aliphatic carbocycles. The summed E-state index contributed by atoms with van der Waals surface area (Å²) in [5.74, 6) is 1.70. The van der Waals surface area contributed by atoms with Gasteiger partial charge in [-0.05, 0) is 49.7 Å². The molecule has 4 rings (SSSR count). The van der Waals surface area contributed by atoms with Crippen molar-refractivity contribution in [2.45, 2.75) is 51.2 Å². The fourth-order valence-corrected chi connectivity index (χ4v) is 4.96. The van der Waals surface area contributed by atoms with Gasteiger partial charge in [0.1, 0.15) is 11.0 Å². The summed E-state index contributed by atoms with van der Waals surface area (Å²) in [6.45, 7) is 5.41. The number of amides is 2. The van der Waals surface area contributed by atoms with Crippen LogP contribution in [0.15, 0.2) is 47.5 Å². The number of unbranched alkanes of at least 4 members (excludes halogenated alkanes) is 3. The Kier molecular flexibility index (Phi) is 8.52. The number of carbonyl (C=O) groups is 2. The van der Waals surface area contributed by atoms with E-state index in [4.69, 9.17) is 14.2 Å². The van der Waals surface area contributed by atoms with Gasteiger partial charge in [-0.25, -0.2) is 4.99 Å². The largest absolute Gasteiger partial charge is 0.494 e. The third kappa shape index (κ3) is 6.48. The van der Waals surface area contributed by atoms with Crippen molar-refractivity contribution in [2.75, 3.05) is 25.3 Å². The second-order valence-electron chi connectivity index (χ2n) is 8.30. The van der Waals surface area contributed by atoms with E-state index in [0.717, 1.165) is 18.6 Å². The lowest BCUT2D eigenvalue weighted by molar-refractivity contribution is -0.129. The maximum Gasteiger partial charge on any atom is 0.238 e. The van der Waals surface area contributed by atoms with Gasteiger partial charge in [0.25, 0.3) is 0 Å². The monoisotopic (exact) mass is 497 g/mol. The normalized spacial score (nSPS) is 18.1. The zero-order valence-corrected chi connectivity index (χ0v) is 20.9. The summed E-state index contributed by atoms with van der Waals surface area (Å²) in [5.41, 5.74) is 1.29. The molecule has 0 bridgehead atoms. The van der Waals surface area contributed by atoms with Gasteiger partial charge in [0.2, 0.25) is 18.6 Å². The van der Waals surface area contributed by atoms with Gasteiger partial charge in [0.05, 0.1) is 12.3 Å². The van der Waals surface area contributed by atoms with Gasteiger partial charge in [-0.15, -0.1) is 0 Å². The molecule has 186 valence electrons. The zero-order valence-electron chi connectivity index (χ0n) is 20.1. The van der Waals surface area contributed by atoms with Crippen LogP contribution >= 0.6 is 11.8 Å². The topological polar surface area (TPSA) is 89.5 Å². The maximum atomic E-state index is 13.0. The van der Waals surface area contributed by atoms with Crippen molar-refractivity contribution in [3.05, 3.63) is 42.5 Å². The van der Waals surface area contributed by atoms with Crippen LogP contribution in [0.3, 0.4) is 0 Å². The molecule has 8 nitrogen and oxygen atoms in total. The van der Waals surface area contributed by atoms with Crippen molar-refractivity contribution in [2.24, 2.45) is 4.99 Å². The van der Waals surface area contributed by atoms with E-state index in [1.807, 2.05) is 31.2 Å². The Balaban J connectivity index is 1.38. The van der Waals surface area contributed by atoms with Crippen LogP contribution in [0.2, 0.25) is 0 Å². The van der Waals surface area contributed by atoms with Crippen molar-refractivity contribution in [1.82, 2.24) is 4.90 Å². The van der Waals surface area contributed by atoms with E-state index in [0.29, 0.717) is 41.2 Å². The van der Waals surface area contributed by atoms with E-state index in [-0.39, 0.29) is 25.0 Å². The first-order valence-electron chi connectivity index (χ1n) is 12.1. The Morgan fingerprint density at radius 3 is 2.69 bits per heavy atom. The molecule has 2 aliphatic rings. The standard InChI is InChI=1S/C26H31N3O5S/c1-3-5-6-7-14-32-20-11-8-18(9-12-20)27-25(31)23-16-24(30)29(4-2)26(35-23)28-19-10-13-21-22(15-19)34-17-33-21/h8-13,15,23H,3-7,14,16-17H2,1-2H3,(H,27,31). The van der Waals surface area contributed by atoms with E-state index < -0.39 is 5.25 Å². The Morgan fingerprint density at radius 2 is 1.91 bits per heavy atom. The molecule has 1 fully saturated rings. The third-order valence-electron chi connectivity index (χ3n) is 5.72. The molecular weight excluding hydrogens is 466 g/mol. The number of thioether (sulfide) groups is 1. The van der Waals surface area contributed by atoms with Gasteiger partial charge in [-0.2, -0.15) is 0 Å². The van der Waals surface area contributed by atoms with Crippen LogP contribution in [-0.2, 0) is 9.59 Å². The highest BCUT2D eigenvalue weighted by Crippen LogP contribution is 2.37. The van der Waals surface area contributed by atoms with E-state index in [1.165, 1.54) is 24.6 Å². The van der Waals surface area contributed by atoms with Gasteiger partial charge < -0.3 is 19.5 Å². The second kappa shape index (κ2) is 12.0. The lowest BCUT2D eigenvalue weighted by Gasteiger charge is -2.30. The highest BCUT2D eigenvalue weighted by molar-refractivity contribution is 8.15. The van der Waals surface area contributed by atoms with Crippen molar-refractivity contribution in [3.63, 3.8) is 0 Å². The minimum Gasteiger partial charge on any atom is -0.494 e. The van der Waals surface area contributed by atoms with Gasteiger partial charge in [0, 0.05) is 24.7 Å². The molecule has 2 heterocycles.